The molecule has 1 aliphatic rings. The quantitative estimate of drug-likeness (QED) is 0.283. The molecule has 0 aromatic heterocycles. The van der Waals surface area contributed by atoms with Crippen LogP contribution in [0.3, 0.4) is 0 Å². The van der Waals surface area contributed by atoms with Crippen molar-refractivity contribution >= 4 is 0 Å². The minimum absolute atomic E-state index is 0.151. The zero-order valence-electron chi connectivity index (χ0n) is 7.22. The second-order valence-electron chi connectivity index (χ2n) is 3.19. The van der Waals surface area contributed by atoms with Gasteiger partial charge in [-0.15, -0.1) is 0 Å². The second-order valence-corrected chi connectivity index (χ2v) is 3.19. The lowest BCUT2D eigenvalue weighted by Crippen LogP contribution is -2.64. The predicted octanol–water partition coefficient (Wildman–Crippen LogP) is -3.07. The van der Waals surface area contributed by atoms with Crippen LogP contribution in [0.5, 0.6) is 0 Å². The lowest BCUT2D eigenvalue weighted by Gasteiger charge is -2.35. The van der Waals surface area contributed by atoms with Crippen molar-refractivity contribution in [1.82, 2.24) is 10.9 Å². The van der Waals surface area contributed by atoms with Gasteiger partial charge < -0.3 is 20.4 Å². The fourth-order valence-corrected chi connectivity index (χ4v) is 1.36. The Labute approximate surface area is 76.2 Å². The minimum atomic E-state index is -1.01. The van der Waals surface area contributed by atoms with Crippen LogP contribution in [0.15, 0.2) is 0 Å². The molecule has 0 saturated carbocycles. The van der Waals surface area contributed by atoms with Crippen LogP contribution < -0.4 is 10.9 Å². The summed E-state index contributed by atoms with van der Waals surface area (Å²) < 4.78 is 0. The fraction of sp³-hybridized carbons (Fsp3) is 1.00. The van der Waals surface area contributed by atoms with Crippen molar-refractivity contribution in [2.45, 2.75) is 30.8 Å². The van der Waals surface area contributed by atoms with Crippen LogP contribution in [-0.4, -0.2) is 57.9 Å². The van der Waals surface area contributed by atoms with E-state index in [4.69, 9.17) is 5.11 Å². The monoisotopic (exact) mass is 192 g/mol. The van der Waals surface area contributed by atoms with Crippen LogP contribution in [0.2, 0.25) is 0 Å². The van der Waals surface area contributed by atoms with E-state index in [0.717, 1.165) is 0 Å². The molecule has 1 unspecified atom stereocenters. The molecule has 0 radical (unpaired) electrons. The Morgan fingerprint density at radius 2 is 2.08 bits per heavy atom. The predicted molar refractivity (Wildman–Crippen MR) is 44.6 cm³/mol. The SMILES string of the molecule is OCC[C@@H](O)C1NNC[C@@H](O)[C@@H]1O. The van der Waals surface area contributed by atoms with E-state index in [2.05, 4.69) is 10.9 Å². The third kappa shape index (κ3) is 2.60. The Morgan fingerprint density at radius 1 is 1.38 bits per heavy atom. The highest BCUT2D eigenvalue weighted by Gasteiger charge is 2.34. The summed E-state index contributed by atoms with van der Waals surface area (Å²) in [7, 11) is 0. The van der Waals surface area contributed by atoms with Gasteiger partial charge in [0.15, 0.2) is 0 Å². The normalized spacial score (nSPS) is 37.4. The molecule has 1 aliphatic heterocycles. The number of rotatable bonds is 3. The molecule has 0 aromatic rings. The molecule has 1 saturated heterocycles. The van der Waals surface area contributed by atoms with E-state index in [0.29, 0.717) is 0 Å². The summed E-state index contributed by atoms with van der Waals surface area (Å²) in [4.78, 5) is 0. The molecule has 0 bridgehead atoms. The topological polar surface area (TPSA) is 105 Å². The largest absolute Gasteiger partial charge is 0.396 e. The fourth-order valence-electron chi connectivity index (χ4n) is 1.36. The van der Waals surface area contributed by atoms with Crippen molar-refractivity contribution in [1.29, 1.82) is 0 Å². The summed E-state index contributed by atoms with van der Waals surface area (Å²) >= 11 is 0. The van der Waals surface area contributed by atoms with Crippen molar-refractivity contribution < 1.29 is 20.4 Å². The first-order valence-electron chi connectivity index (χ1n) is 4.30. The van der Waals surface area contributed by atoms with E-state index < -0.39 is 24.4 Å². The van der Waals surface area contributed by atoms with Crippen molar-refractivity contribution in [2.24, 2.45) is 0 Å². The summed E-state index contributed by atoms with van der Waals surface area (Å²) in [5, 5.41) is 36.7. The third-order valence-corrected chi connectivity index (χ3v) is 2.18. The minimum Gasteiger partial charge on any atom is -0.396 e. The summed E-state index contributed by atoms with van der Waals surface area (Å²) in [6.45, 7) is 0.0890. The van der Waals surface area contributed by atoms with E-state index >= 15 is 0 Å². The maximum atomic E-state index is 9.44. The molecule has 6 nitrogen and oxygen atoms in total. The highest BCUT2D eigenvalue weighted by Crippen LogP contribution is 2.09. The Hall–Kier alpha value is -0.240. The first kappa shape index (κ1) is 10.8. The zero-order valence-corrected chi connectivity index (χ0v) is 7.22. The van der Waals surface area contributed by atoms with Gasteiger partial charge in [0.2, 0.25) is 0 Å². The second kappa shape index (κ2) is 4.85. The molecule has 13 heavy (non-hydrogen) atoms. The molecule has 0 amide bonds. The van der Waals surface area contributed by atoms with E-state index in [9.17, 15) is 15.3 Å². The van der Waals surface area contributed by atoms with Gasteiger partial charge in [0, 0.05) is 13.2 Å². The number of hydrazine groups is 1. The molecular weight excluding hydrogens is 176 g/mol. The molecule has 1 heterocycles. The third-order valence-electron chi connectivity index (χ3n) is 2.18. The van der Waals surface area contributed by atoms with E-state index in [1.54, 1.807) is 0 Å². The maximum Gasteiger partial charge on any atom is 0.100 e. The highest BCUT2D eigenvalue weighted by atomic mass is 16.3. The summed E-state index contributed by atoms with van der Waals surface area (Å²) in [5.41, 5.74) is 5.32. The summed E-state index contributed by atoms with van der Waals surface area (Å²) in [6.07, 6.45) is -2.60. The molecule has 6 N–H and O–H groups in total. The number of hydrogen-bond acceptors (Lipinski definition) is 6. The lowest BCUT2D eigenvalue weighted by atomic mass is 9.97. The number of hydrogen-bond donors (Lipinski definition) is 6. The highest BCUT2D eigenvalue weighted by molar-refractivity contribution is 4.90. The van der Waals surface area contributed by atoms with Crippen molar-refractivity contribution in [2.75, 3.05) is 13.2 Å². The smallest absolute Gasteiger partial charge is 0.100 e. The van der Waals surface area contributed by atoms with Gasteiger partial charge in [-0.3, -0.25) is 5.43 Å². The zero-order chi connectivity index (χ0) is 9.84. The molecular formula is C7H16N2O4. The summed E-state index contributed by atoms with van der Waals surface area (Å²) in [5.74, 6) is 0. The molecule has 0 aromatic carbocycles. The maximum absolute atomic E-state index is 9.44. The molecule has 0 aliphatic carbocycles. The summed E-state index contributed by atoms with van der Waals surface area (Å²) in [6, 6.07) is -0.643. The van der Waals surface area contributed by atoms with Gasteiger partial charge in [-0.25, -0.2) is 5.43 Å². The van der Waals surface area contributed by atoms with Crippen LogP contribution in [0.25, 0.3) is 0 Å². The van der Waals surface area contributed by atoms with Crippen LogP contribution in [-0.2, 0) is 0 Å². The standard InChI is InChI=1S/C7H16N2O4/c10-2-1-4(11)6-7(13)5(12)3-8-9-6/h4-13H,1-3H2/t4-,5-,6?,7+/m1/s1. The van der Waals surface area contributed by atoms with Gasteiger partial charge in [0.25, 0.3) is 0 Å². The lowest BCUT2D eigenvalue weighted by molar-refractivity contribution is -0.0682. The van der Waals surface area contributed by atoms with Gasteiger partial charge in [-0.2, -0.15) is 0 Å². The van der Waals surface area contributed by atoms with Gasteiger partial charge in [-0.1, -0.05) is 0 Å². The van der Waals surface area contributed by atoms with Gasteiger partial charge >= 0.3 is 0 Å². The number of aliphatic hydroxyl groups is 4. The molecule has 1 rings (SSSR count). The average Bonchev–Trinajstić information content (AvgIpc) is 2.10. The van der Waals surface area contributed by atoms with Crippen LogP contribution in [0.1, 0.15) is 6.42 Å². The number of aliphatic hydroxyl groups excluding tert-OH is 4. The van der Waals surface area contributed by atoms with Crippen LogP contribution in [0.4, 0.5) is 0 Å². The molecule has 6 heteroatoms. The first-order valence-corrected chi connectivity index (χ1v) is 4.30. The Kier molecular flexibility index (Phi) is 4.04. The van der Waals surface area contributed by atoms with Crippen LogP contribution >= 0.6 is 0 Å². The van der Waals surface area contributed by atoms with Crippen molar-refractivity contribution in [3.63, 3.8) is 0 Å². The molecule has 1 fully saturated rings. The van der Waals surface area contributed by atoms with E-state index in [1.807, 2.05) is 0 Å². The Morgan fingerprint density at radius 3 is 2.69 bits per heavy atom. The number of nitrogens with one attached hydrogen (secondary N) is 2. The van der Waals surface area contributed by atoms with Crippen molar-refractivity contribution in [3.05, 3.63) is 0 Å². The van der Waals surface area contributed by atoms with Gasteiger partial charge in [-0.05, 0) is 6.42 Å². The van der Waals surface area contributed by atoms with Gasteiger partial charge in [0.05, 0.1) is 18.2 Å². The molecule has 78 valence electrons. The van der Waals surface area contributed by atoms with Crippen LogP contribution in [0, 0.1) is 0 Å². The van der Waals surface area contributed by atoms with E-state index in [1.165, 1.54) is 0 Å². The first-order chi connectivity index (χ1) is 6.16. The number of β-amino-alcohol motifs (C(OH)–C–C–N with tert-alkyl or cyclic N) is 1. The van der Waals surface area contributed by atoms with E-state index in [-0.39, 0.29) is 19.6 Å². The van der Waals surface area contributed by atoms with Gasteiger partial charge in [0.1, 0.15) is 6.10 Å². The average molecular weight is 192 g/mol. The Balaban J connectivity index is 2.46. The molecule has 0 spiro atoms. The van der Waals surface area contributed by atoms with Crippen molar-refractivity contribution in [3.8, 4) is 0 Å². The Bertz CT molecular complexity index is 157. The molecule has 4 atom stereocenters.